The van der Waals surface area contributed by atoms with Crippen molar-refractivity contribution in [3.63, 3.8) is 0 Å². The van der Waals surface area contributed by atoms with Crippen LogP contribution in [0.1, 0.15) is 11.1 Å². The van der Waals surface area contributed by atoms with E-state index in [1.54, 1.807) is 24.3 Å². The zero-order chi connectivity index (χ0) is 12.0. The van der Waals surface area contributed by atoms with Crippen LogP contribution in [0.4, 0.5) is 0 Å². The minimum Gasteiger partial charge on any atom is -0.508 e. The quantitative estimate of drug-likeness (QED) is 0.658. The Balaban J connectivity index is 0.000000160. The summed E-state index contributed by atoms with van der Waals surface area (Å²) in [4.78, 5) is 0.864. The van der Waals surface area contributed by atoms with E-state index in [0.717, 1.165) is 4.90 Å². The molecule has 2 heteroatoms. The minimum atomic E-state index is 0.280. The first kappa shape index (κ1) is 12.7. The first-order valence-electron chi connectivity index (χ1n) is 5.09. The molecule has 84 valence electrons. The molecule has 0 unspecified atom stereocenters. The largest absolute Gasteiger partial charge is 0.508 e. The molecule has 2 aromatic carbocycles. The van der Waals surface area contributed by atoms with Crippen LogP contribution < -0.4 is 0 Å². The van der Waals surface area contributed by atoms with Crippen molar-refractivity contribution in [3.05, 3.63) is 59.7 Å². The summed E-state index contributed by atoms with van der Waals surface area (Å²) in [5.41, 5.74) is 2.66. The molecule has 0 spiro atoms. The summed E-state index contributed by atoms with van der Waals surface area (Å²) in [5.74, 6) is 0.280. The first-order valence-corrected chi connectivity index (χ1v) is 5.54. The van der Waals surface area contributed by atoms with Gasteiger partial charge in [-0.3, -0.25) is 0 Å². The Bertz CT molecular complexity index is 332. The Morgan fingerprint density at radius 2 is 1.12 bits per heavy atom. The highest BCUT2D eigenvalue weighted by atomic mass is 32.1. The van der Waals surface area contributed by atoms with Gasteiger partial charge in [0.2, 0.25) is 0 Å². The summed E-state index contributed by atoms with van der Waals surface area (Å²) in [5, 5.41) is 8.72. The number of rotatable bonds is 0. The molecule has 0 heterocycles. The number of aryl methyl sites for hydroxylation is 2. The molecule has 0 saturated heterocycles. The van der Waals surface area contributed by atoms with Gasteiger partial charge >= 0.3 is 0 Å². The van der Waals surface area contributed by atoms with Crippen molar-refractivity contribution in [2.45, 2.75) is 18.7 Å². The standard InChI is InChI=1S/C8H10.C6H6OS/c1-7-3-5-8(2)6-4-7;7-5-1-3-6(8)4-2-5/h3-6H,1-2H3;1-4,7-8H. The van der Waals surface area contributed by atoms with Crippen LogP contribution in [0, 0.1) is 13.8 Å². The minimum absolute atomic E-state index is 0.280. The third-order valence-electron chi connectivity index (χ3n) is 2.07. The number of phenols is 1. The van der Waals surface area contributed by atoms with Crippen molar-refractivity contribution in [2.24, 2.45) is 0 Å². The van der Waals surface area contributed by atoms with E-state index in [1.807, 2.05) is 0 Å². The lowest BCUT2D eigenvalue weighted by atomic mass is 10.2. The highest BCUT2D eigenvalue weighted by Gasteiger charge is 1.83. The molecule has 0 amide bonds. The zero-order valence-corrected chi connectivity index (χ0v) is 10.4. The van der Waals surface area contributed by atoms with Crippen LogP contribution in [-0.4, -0.2) is 5.11 Å². The molecule has 2 aromatic rings. The highest BCUT2D eigenvalue weighted by molar-refractivity contribution is 7.80. The number of hydrogen-bond donors (Lipinski definition) is 2. The van der Waals surface area contributed by atoms with E-state index in [0.29, 0.717) is 0 Å². The molecule has 0 atom stereocenters. The Hall–Kier alpha value is -1.41. The lowest BCUT2D eigenvalue weighted by Gasteiger charge is -1.90. The maximum atomic E-state index is 8.72. The predicted molar refractivity (Wildman–Crippen MR) is 71.3 cm³/mol. The van der Waals surface area contributed by atoms with Gasteiger partial charge in [-0.2, -0.15) is 0 Å². The van der Waals surface area contributed by atoms with E-state index in [9.17, 15) is 0 Å². The molecule has 0 aliphatic carbocycles. The second kappa shape index (κ2) is 6.23. The van der Waals surface area contributed by atoms with Gasteiger partial charge in [-0.05, 0) is 38.1 Å². The van der Waals surface area contributed by atoms with E-state index in [4.69, 9.17) is 5.11 Å². The molecule has 0 aliphatic heterocycles. The van der Waals surface area contributed by atoms with Crippen LogP contribution in [0.5, 0.6) is 5.75 Å². The summed E-state index contributed by atoms with van der Waals surface area (Å²) in [6, 6.07) is 15.1. The second-order valence-electron chi connectivity index (χ2n) is 3.67. The van der Waals surface area contributed by atoms with Gasteiger partial charge < -0.3 is 5.11 Å². The SMILES string of the molecule is Cc1ccc(C)cc1.Oc1ccc(S)cc1. The van der Waals surface area contributed by atoms with Crippen molar-refractivity contribution in [2.75, 3.05) is 0 Å². The molecule has 0 saturated carbocycles. The van der Waals surface area contributed by atoms with Gasteiger partial charge in [0, 0.05) is 4.90 Å². The molecule has 0 aromatic heterocycles. The molecular formula is C14H16OS. The Morgan fingerprint density at radius 3 is 1.44 bits per heavy atom. The fourth-order valence-electron chi connectivity index (χ4n) is 1.09. The second-order valence-corrected chi connectivity index (χ2v) is 4.19. The number of hydrogen-bond acceptors (Lipinski definition) is 2. The summed E-state index contributed by atoms with van der Waals surface area (Å²) in [6.07, 6.45) is 0. The predicted octanol–water partition coefficient (Wildman–Crippen LogP) is 3.98. The van der Waals surface area contributed by atoms with Crippen molar-refractivity contribution in [1.82, 2.24) is 0 Å². The molecule has 16 heavy (non-hydrogen) atoms. The van der Waals surface area contributed by atoms with E-state index in [-0.39, 0.29) is 5.75 Å². The maximum Gasteiger partial charge on any atom is 0.115 e. The van der Waals surface area contributed by atoms with Crippen LogP contribution in [0.2, 0.25) is 0 Å². The fraction of sp³-hybridized carbons (Fsp3) is 0.143. The summed E-state index contributed by atoms with van der Waals surface area (Å²) < 4.78 is 0. The van der Waals surface area contributed by atoms with Gasteiger partial charge in [0.15, 0.2) is 0 Å². The summed E-state index contributed by atoms with van der Waals surface area (Å²) in [7, 11) is 0. The normalized spacial score (nSPS) is 9.19. The van der Waals surface area contributed by atoms with E-state index in [1.165, 1.54) is 11.1 Å². The number of thiol groups is 1. The van der Waals surface area contributed by atoms with Crippen LogP contribution in [0.25, 0.3) is 0 Å². The van der Waals surface area contributed by atoms with Crippen molar-refractivity contribution >= 4 is 12.6 Å². The van der Waals surface area contributed by atoms with Gasteiger partial charge in [-0.15, -0.1) is 12.6 Å². The van der Waals surface area contributed by atoms with Gasteiger partial charge in [0.25, 0.3) is 0 Å². The average Bonchev–Trinajstić information content (AvgIpc) is 2.28. The lowest BCUT2D eigenvalue weighted by Crippen LogP contribution is -1.70. The van der Waals surface area contributed by atoms with Gasteiger partial charge in [0.05, 0.1) is 0 Å². The Kier molecular flexibility index (Phi) is 4.93. The number of phenolic OH excluding ortho intramolecular Hbond substituents is 1. The third kappa shape index (κ3) is 4.89. The summed E-state index contributed by atoms with van der Waals surface area (Å²) in [6.45, 7) is 4.19. The molecule has 0 radical (unpaired) electrons. The highest BCUT2D eigenvalue weighted by Crippen LogP contribution is 2.11. The molecule has 1 N–H and O–H groups in total. The van der Waals surface area contributed by atoms with Gasteiger partial charge in [0.1, 0.15) is 5.75 Å². The zero-order valence-electron chi connectivity index (χ0n) is 9.51. The molecular weight excluding hydrogens is 216 g/mol. The van der Waals surface area contributed by atoms with Crippen molar-refractivity contribution < 1.29 is 5.11 Å². The first-order chi connectivity index (χ1) is 7.58. The van der Waals surface area contributed by atoms with Crippen LogP contribution in [0.15, 0.2) is 53.4 Å². The smallest absolute Gasteiger partial charge is 0.115 e. The fourth-order valence-corrected chi connectivity index (χ4v) is 1.24. The van der Waals surface area contributed by atoms with Crippen LogP contribution >= 0.6 is 12.6 Å². The third-order valence-corrected chi connectivity index (χ3v) is 2.37. The van der Waals surface area contributed by atoms with E-state index >= 15 is 0 Å². The average molecular weight is 232 g/mol. The maximum absolute atomic E-state index is 8.72. The van der Waals surface area contributed by atoms with Crippen molar-refractivity contribution in [3.8, 4) is 5.75 Å². The molecule has 0 aliphatic rings. The Morgan fingerprint density at radius 1 is 0.750 bits per heavy atom. The number of aromatic hydroxyl groups is 1. The molecule has 0 fully saturated rings. The van der Waals surface area contributed by atoms with Gasteiger partial charge in [-0.25, -0.2) is 0 Å². The van der Waals surface area contributed by atoms with Crippen LogP contribution in [0.3, 0.4) is 0 Å². The topological polar surface area (TPSA) is 20.2 Å². The van der Waals surface area contributed by atoms with E-state index in [2.05, 4.69) is 50.7 Å². The summed E-state index contributed by atoms with van der Waals surface area (Å²) >= 11 is 4.02. The Labute approximate surface area is 102 Å². The van der Waals surface area contributed by atoms with Crippen molar-refractivity contribution in [1.29, 1.82) is 0 Å². The van der Waals surface area contributed by atoms with Gasteiger partial charge in [-0.1, -0.05) is 35.4 Å². The van der Waals surface area contributed by atoms with Crippen LogP contribution in [-0.2, 0) is 0 Å². The molecule has 2 rings (SSSR count). The molecule has 1 nitrogen and oxygen atoms in total. The lowest BCUT2D eigenvalue weighted by molar-refractivity contribution is 0.475. The molecule has 0 bridgehead atoms. The number of benzene rings is 2. The van der Waals surface area contributed by atoms with E-state index < -0.39 is 0 Å². The monoisotopic (exact) mass is 232 g/mol.